The third-order valence-corrected chi connectivity index (χ3v) is 5.17. The topological polar surface area (TPSA) is 110 Å². The zero-order valence-electron chi connectivity index (χ0n) is 18.3. The van der Waals surface area contributed by atoms with Crippen LogP contribution in [0, 0.1) is 0 Å². The number of nitrogens with one attached hydrogen (secondary N) is 1. The van der Waals surface area contributed by atoms with Crippen molar-refractivity contribution in [2.24, 2.45) is 0 Å². The molecule has 0 bridgehead atoms. The van der Waals surface area contributed by atoms with Crippen molar-refractivity contribution < 1.29 is 18.7 Å². The van der Waals surface area contributed by atoms with Crippen LogP contribution in [0.5, 0.6) is 5.75 Å². The molecule has 1 aliphatic heterocycles. The number of amides is 3. The van der Waals surface area contributed by atoms with E-state index in [0.717, 1.165) is 11.4 Å². The van der Waals surface area contributed by atoms with Gasteiger partial charge in [0.25, 0.3) is 5.56 Å². The molecule has 33 heavy (non-hydrogen) atoms. The lowest BCUT2D eigenvalue weighted by molar-refractivity contribution is -0.121. The van der Waals surface area contributed by atoms with E-state index in [2.05, 4.69) is 10.4 Å². The molecule has 2 aromatic heterocycles. The molecule has 0 spiro atoms. The summed E-state index contributed by atoms with van der Waals surface area (Å²) >= 11 is 0. The number of furan rings is 1. The zero-order valence-corrected chi connectivity index (χ0v) is 18.3. The molecule has 0 aliphatic carbocycles. The third kappa shape index (κ3) is 5.22. The molecule has 1 fully saturated rings. The van der Waals surface area contributed by atoms with Crippen LogP contribution in [0.15, 0.2) is 64.0 Å². The molecule has 10 nitrogen and oxygen atoms in total. The quantitative estimate of drug-likeness (QED) is 0.533. The average Bonchev–Trinajstić information content (AvgIpc) is 3.47. The number of ether oxygens (including phenoxy) is 1. The predicted octanol–water partition coefficient (Wildman–Crippen LogP) is 1.96. The first kappa shape index (κ1) is 22.1. The minimum Gasteiger partial charge on any atom is -0.494 e. The Balaban J connectivity index is 1.28. The molecule has 1 aliphatic rings. The van der Waals surface area contributed by atoms with Gasteiger partial charge in [0.05, 0.1) is 19.4 Å². The number of benzene rings is 1. The minimum atomic E-state index is -0.299. The highest BCUT2D eigenvalue weighted by atomic mass is 16.5. The summed E-state index contributed by atoms with van der Waals surface area (Å²) in [6.07, 6.45) is 1.53. The Morgan fingerprint density at radius 1 is 1.12 bits per heavy atom. The van der Waals surface area contributed by atoms with Crippen molar-refractivity contribution in [3.8, 4) is 17.2 Å². The van der Waals surface area contributed by atoms with Crippen LogP contribution in [0.3, 0.4) is 0 Å². The predicted molar refractivity (Wildman–Crippen MR) is 121 cm³/mol. The number of nitrogens with zero attached hydrogens (tertiary/aromatic N) is 4. The van der Waals surface area contributed by atoms with Crippen LogP contribution in [0.1, 0.15) is 6.92 Å². The Morgan fingerprint density at radius 3 is 2.67 bits per heavy atom. The van der Waals surface area contributed by atoms with Crippen molar-refractivity contribution >= 4 is 17.6 Å². The maximum Gasteiger partial charge on any atom is 0.325 e. The Labute approximate surface area is 190 Å². The van der Waals surface area contributed by atoms with Gasteiger partial charge in [-0.05, 0) is 49.4 Å². The molecule has 3 heterocycles. The van der Waals surface area contributed by atoms with Crippen molar-refractivity contribution in [3.05, 3.63) is 65.1 Å². The fourth-order valence-electron chi connectivity index (χ4n) is 3.55. The number of rotatable bonds is 9. The molecule has 0 unspecified atom stereocenters. The Kier molecular flexibility index (Phi) is 6.72. The third-order valence-electron chi connectivity index (χ3n) is 5.17. The van der Waals surface area contributed by atoms with Gasteiger partial charge in [0.2, 0.25) is 5.91 Å². The standard InChI is InChI=1S/C23H25N5O5/c1-2-32-18-7-5-17(6-8-18)27-14-13-26(23(27)31)16-21(29)24-11-12-28-22(30)10-9-19(25-28)20-4-3-15-33-20/h3-10,15H,2,11-14,16H2,1H3,(H,24,29). The van der Waals surface area contributed by atoms with E-state index in [1.165, 1.54) is 21.9 Å². The molecule has 3 aromatic rings. The SMILES string of the molecule is CCOc1ccc(N2CCN(CC(=O)NCCn3nc(-c4ccco4)ccc3=O)C2=O)cc1. The molecular formula is C23H25N5O5. The van der Waals surface area contributed by atoms with Gasteiger partial charge in [0, 0.05) is 31.4 Å². The number of carbonyl (C=O) groups is 2. The fraction of sp³-hybridized carbons (Fsp3) is 0.304. The first-order valence-electron chi connectivity index (χ1n) is 10.7. The fourth-order valence-corrected chi connectivity index (χ4v) is 3.55. The molecule has 0 atom stereocenters. The van der Waals surface area contributed by atoms with Gasteiger partial charge in [0.1, 0.15) is 18.0 Å². The normalized spacial score (nSPS) is 13.4. The molecule has 1 saturated heterocycles. The maximum absolute atomic E-state index is 12.7. The zero-order chi connectivity index (χ0) is 23.2. The Hall–Kier alpha value is -4.08. The van der Waals surface area contributed by atoms with Gasteiger partial charge in [-0.1, -0.05) is 0 Å². The number of hydrogen-bond donors (Lipinski definition) is 1. The number of anilines is 1. The number of carbonyl (C=O) groups excluding carboxylic acids is 2. The lowest BCUT2D eigenvalue weighted by atomic mass is 10.3. The van der Waals surface area contributed by atoms with Crippen molar-refractivity contribution in [1.82, 2.24) is 20.0 Å². The summed E-state index contributed by atoms with van der Waals surface area (Å²) in [4.78, 5) is 40.3. The smallest absolute Gasteiger partial charge is 0.325 e. The molecule has 10 heteroatoms. The summed E-state index contributed by atoms with van der Waals surface area (Å²) in [5.74, 6) is 0.997. The van der Waals surface area contributed by atoms with Crippen LogP contribution in [0.2, 0.25) is 0 Å². The van der Waals surface area contributed by atoms with E-state index in [1.54, 1.807) is 23.1 Å². The van der Waals surface area contributed by atoms with E-state index < -0.39 is 0 Å². The van der Waals surface area contributed by atoms with E-state index in [-0.39, 0.29) is 37.1 Å². The lowest BCUT2D eigenvalue weighted by Crippen LogP contribution is -2.41. The second kappa shape index (κ2) is 10.0. The van der Waals surface area contributed by atoms with Gasteiger partial charge >= 0.3 is 6.03 Å². The van der Waals surface area contributed by atoms with Crippen LogP contribution in [-0.4, -0.2) is 59.4 Å². The summed E-state index contributed by atoms with van der Waals surface area (Å²) in [5, 5.41) is 7.01. The second-order valence-corrected chi connectivity index (χ2v) is 7.39. The molecule has 1 N–H and O–H groups in total. The van der Waals surface area contributed by atoms with E-state index in [4.69, 9.17) is 9.15 Å². The van der Waals surface area contributed by atoms with E-state index >= 15 is 0 Å². The first-order chi connectivity index (χ1) is 16.0. The van der Waals surface area contributed by atoms with E-state index in [1.807, 2.05) is 31.2 Å². The summed E-state index contributed by atoms with van der Waals surface area (Å²) < 4.78 is 12.0. The van der Waals surface area contributed by atoms with E-state index in [0.29, 0.717) is 31.2 Å². The van der Waals surface area contributed by atoms with Gasteiger partial charge in [0.15, 0.2) is 5.76 Å². The molecule has 0 saturated carbocycles. The van der Waals surface area contributed by atoms with Gasteiger partial charge < -0.3 is 19.4 Å². The Morgan fingerprint density at radius 2 is 1.94 bits per heavy atom. The van der Waals surface area contributed by atoms with Crippen molar-refractivity contribution in [2.75, 3.05) is 37.7 Å². The van der Waals surface area contributed by atoms with Gasteiger partial charge in [-0.2, -0.15) is 5.10 Å². The summed E-state index contributed by atoms with van der Waals surface area (Å²) in [5.41, 5.74) is 1.01. The minimum absolute atomic E-state index is 0.0544. The summed E-state index contributed by atoms with van der Waals surface area (Å²) in [6.45, 7) is 3.79. The molecule has 4 rings (SSSR count). The number of hydrogen-bond acceptors (Lipinski definition) is 6. The molecule has 172 valence electrons. The molecular weight excluding hydrogens is 426 g/mol. The average molecular weight is 451 g/mol. The number of urea groups is 1. The van der Waals surface area contributed by atoms with Crippen LogP contribution in [0.25, 0.3) is 11.5 Å². The van der Waals surface area contributed by atoms with Gasteiger partial charge in [-0.3, -0.25) is 14.5 Å². The van der Waals surface area contributed by atoms with Crippen molar-refractivity contribution in [1.29, 1.82) is 0 Å². The van der Waals surface area contributed by atoms with Crippen LogP contribution < -0.4 is 20.5 Å². The van der Waals surface area contributed by atoms with E-state index in [9.17, 15) is 14.4 Å². The first-order valence-corrected chi connectivity index (χ1v) is 10.7. The second-order valence-electron chi connectivity index (χ2n) is 7.39. The summed E-state index contributed by atoms with van der Waals surface area (Å²) in [7, 11) is 0. The number of aromatic nitrogens is 2. The molecule has 3 amide bonds. The van der Waals surface area contributed by atoms with Crippen LogP contribution in [0.4, 0.5) is 10.5 Å². The van der Waals surface area contributed by atoms with Crippen LogP contribution >= 0.6 is 0 Å². The van der Waals surface area contributed by atoms with Crippen molar-refractivity contribution in [2.45, 2.75) is 13.5 Å². The largest absolute Gasteiger partial charge is 0.494 e. The molecule has 0 radical (unpaired) electrons. The van der Waals surface area contributed by atoms with Gasteiger partial charge in [-0.15, -0.1) is 0 Å². The lowest BCUT2D eigenvalue weighted by Gasteiger charge is -2.18. The highest BCUT2D eigenvalue weighted by molar-refractivity contribution is 5.96. The Bertz CT molecular complexity index is 1160. The molecule has 1 aromatic carbocycles. The summed E-state index contributed by atoms with van der Waals surface area (Å²) in [6, 6.07) is 13.6. The monoisotopic (exact) mass is 451 g/mol. The maximum atomic E-state index is 12.7. The highest BCUT2D eigenvalue weighted by Gasteiger charge is 2.30. The van der Waals surface area contributed by atoms with Crippen LogP contribution in [-0.2, 0) is 11.3 Å². The van der Waals surface area contributed by atoms with Gasteiger partial charge in [-0.25, -0.2) is 9.48 Å². The van der Waals surface area contributed by atoms with Crippen molar-refractivity contribution in [3.63, 3.8) is 0 Å². The highest BCUT2D eigenvalue weighted by Crippen LogP contribution is 2.23.